The first-order chi connectivity index (χ1) is 8.54. The molecule has 0 saturated heterocycles. The Hall–Kier alpha value is -1.84. The van der Waals surface area contributed by atoms with E-state index in [9.17, 15) is 4.79 Å². The van der Waals surface area contributed by atoms with Gasteiger partial charge in [0, 0.05) is 31.4 Å². The van der Waals surface area contributed by atoms with Gasteiger partial charge in [0.1, 0.15) is 5.82 Å². The van der Waals surface area contributed by atoms with Crippen LogP contribution >= 0.6 is 0 Å². The summed E-state index contributed by atoms with van der Waals surface area (Å²) in [5.74, 6) is 0.443. The monoisotopic (exact) mass is 248 g/mol. The van der Waals surface area contributed by atoms with Crippen molar-refractivity contribution in [3.8, 4) is 0 Å². The Morgan fingerprint density at radius 1 is 1.61 bits per heavy atom. The second-order valence-corrected chi connectivity index (χ2v) is 4.48. The van der Waals surface area contributed by atoms with Gasteiger partial charge in [0.15, 0.2) is 0 Å². The first kappa shape index (κ1) is 14.2. The van der Waals surface area contributed by atoms with E-state index in [1.807, 2.05) is 19.2 Å². The van der Waals surface area contributed by atoms with E-state index in [-0.39, 0.29) is 0 Å². The second kappa shape index (κ2) is 6.79. The average Bonchev–Trinajstić information content (AvgIpc) is 2.36. The highest BCUT2D eigenvalue weighted by Gasteiger charge is 2.09. The van der Waals surface area contributed by atoms with E-state index in [1.165, 1.54) is 0 Å². The molecule has 0 aliphatic rings. The molecule has 0 amide bonds. The lowest BCUT2D eigenvalue weighted by Gasteiger charge is -2.23. The zero-order chi connectivity index (χ0) is 13.5. The van der Waals surface area contributed by atoms with Crippen LogP contribution < -0.4 is 4.90 Å². The molecule has 98 valence electrons. The highest BCUT2D eigenvalue weighted by Crippen LogP contribution is 2.19. The topological polar surface area (TPSA) is 53.4 Å². The number of aliphatic carboxylic acids is 1. The molecule has 1 aromatic heterocycles. The maximum atomic E-state index is 10.6. The molecule has 1 unspecified atom stereocenters. The number of pyridine rings is 1. The molecule has 4 heteroatoms. The van der Waals surface area contributed by atoms with Gasteiger partial charge in [-0.3, -0.25) is 0 Å². The van der Waals surface area contributed by atoms with Crippen LogP contribution in [0.4, 0.5) is 5.82 Å². The molecule has 1 heterocycles. The van der Waals surface area contributed by atoms with Crippen molar-refractivity contribution in [1.82, 2.24) is 4.98 Å². The highest BCUT2D eigenvalue weighted by molar-refractivity contribution is 5.86. The molecule has 0 aromatic carbocycles. The lowest BCUT2D eigenvalue weighted by molar-refractivity contribution is -0.131. The SMILES string of the molecule is CCC(C)CN(C)c1ncccc1/C=C/C(=O)O. The second-order valence-electron chi connectivity index (χ2n) is 4.48. The van der Waals surface area contributed by atoms with Crippen LogP contribution in [-0.4, -0.2) is 29.7 Å². The summed E-state index contributed by atoms with van der Waals surface area (Å²) in [7, 11) is 1.98. The minimum absolute atomic E-state index is 0.577. The van der Waals surface area contributed by atoms with Crippen LogP contribution in [0.5, 0.6) is 0 Å². The number of hydrogen-bond donors (Lipinski definition) is 1. The molecule has 0 spiro atoms. The van der Waals surface area contributed by atoms with Crippen molar-refractivity contribution < 1.29 is 9.90 Å². The minimum Gasteiger partial charge on any atom is -0.478 e. The van der Waals surface area contributed by atoms with E-state index in [0.717, 1.165) is 30.4 Å². The first-order valence-electron chi connectivity index (χ1n) is 6.11. The summed E-state index contributed by atoms with van der Waals surface area (Å²) in [4.78, 5) is 16.9. The van der Waals surface area contributed by atoms with Crippen LogP contribution in [-0.2, 0) is 4.79 Å². The van der Waals surface area contributed by atoms with Crippen molar-refractivity contribution in [2.24, 2.45) is 5.92 Å². The largest absolute Gasteiger partial charge is 0.478 e. The fraction of sp³-hybridized carbons (Fsp3) is 0.429. The van der Waals surface area contributed by atoms with Crippen molar-refractivity contribution >= 4 is 17.9 Å². The summed E-state index contributed by atoms with van der Waals surface area (Å²) in [5.41, 5.74) is 0.825. The van der Waals surface area contributed by atoms with Gasteiger partial charge in [-0.05, 0) is 24.1 Å². The quantitative estimate of drug-likeness (QED) is 0.786. The number of carbonyl (C=O) groups is 1. The smallest absolute Gasteiger partial charge is 0.328 e. The van der Waals surface area contributed by atoms with Crippen molar-refractivity contribution in [1.29, 1.82) is 0 Å². The van der Waals surface area contributed by atoms with E-state index < -0.39 is 5.97 Å². The van der Waals surface area contributed by atoms with E-state index in [1.54, 1.807) is 12.3 Å². The van der Waals surface area contributed by atoms with E-state index in [4.69, 9.17) is 5.11 Å². The number of nitrogens with zero attached hydrogens (tertiary/aromatic N) is 2. The van der Waals surface area contributed by atoms with Crippen LogP contribution in [0.25, 0.3) is 6.08 Å². The Bertz CT molecular complexity index is 430. The summed E-state index contributed by atoms with van der Waals surface area (Å²) < 4.78 is 0. The number of rotatable bonds is 6. The fourth-order valence-electron chi connectivity index (χ4n) is 1.70. The minimum atomic E-state index is -0.950. The first-order valence-corrected chi connectivity index (χ1v) is 6.11. The fourth-order valence-corrected chi connectivity index (χ4v) is 1.70. The van der Waals surface area contributed by atoms with E-state index in [0.29, 0.717) is 5.92 Å². The maximum absolute atomic E-state index is 10.6. The molecule has 1 rings (SSSR count). The van der Waals surface area contributed by atoms with Crippen LogP contribution in [0.15, 0.2) is 24.4 Å². The summed E-state index contributed by atoms with van der Waals surface area (Å²) in [5, 5.41) is 8.67. The Kier molecular flexibility index (Phi) is 5.36. The van der Waals surface area contributed by atoms with Gasteiger partial charge in [0.2, 0.25) is 0 Å². The van der Waals surface area contributed by atoms with Gasteiger partial charge in [-0.1, -0.05) is 20.3 Å². The van der Waals surface area contributed by atoms with Crippen LogP contribution in [0.3, 0.4) is 0 Å². The Labute approximate surface area is 108 Å². The number of aromatic nitrogens is 1. The number of anilines is 1. The molecular formula is C14H20N2O2. The van der Waals surface area contributed by atoms with Gasteiger partial charge in [-0.25, -0.2) is 9.78 Å². The molecule has 1 N–H and O–H groups in total. The van der Waals surface area contributed by atoms with Gasteiger partial charge in [-0.15, -0.1) is 0 Å². The van der Waals surface area contributed by atoms with Crippen molar-refractivity contribution in [2.75, 3.05) is 18.5 Å². The predicted octanol–water partition coefficient (Wildman–Crippen LogP) is 2.66. The molecule has 0 aliphatic heterocycles. The summed E-state index contributed by atoms with van der Waals surface area (Å²) in [6.07, 6.45) is 5.55. The molecule has 0 radical (unpaired) electrons. The van der Waals surface area contributed by atoms with Gasteiger partial charge >= 0.3 is 5.97 Å². The van der Waals surface area contributed by atoms with Gasteiger partial charge in [-0.2, -0.15) is 0 Å². The average molecular weight is 248 g/mol. The van der Waals surface area contributed by atoms with E-state index >= 15 is 0 Å². The van der Waals surface area contributed by atoms with Crippen molar-refractivity contribution in [3.05, 3.63) is 30.0 Å². The third kappa shape index (κ3) is 4.20. The Morgan fingerprint density at radius 2 is 2.33 bits per heavy atom. The zero-order valence-electron chi connectivity index (χ0n) is 11.1. The Morgan fingerprint density at radius 3 is 2.94 bits per heavy atom. The molecule has 4 nitrogen and oxygen atoms in total. The normalized spacial score (nSPS) is 12.6. The van der Waals surface area contributed by atoms with Crippen molar-refractivity contribution in [3.63, 3.8) is 0 Å². The molecule has 0 bridgehead atoms. The predicted molar refractivity (Wildman–Crippen MR) is 73.6 cm³/mol. The Balaban J connectivity index is 2.90. The van der Waals surface area contributed by atoms with Crippen LogP contribution in [0, 0.1) is 5.92 Å². The molecular weight excluding hydrogens is 228 g/mol. The highest BCUT2D eigenvalue weighted by atomic mass is 16.4. The molecule has 0 fully saturated rings. The number of hydrogen-bond acceptors (Lipinski definition) is 3. The lowest BCUT2D eigenvalue weighted by Crippen LogP contribution is -2.25. The summed E-state index contributed by atoms with van der Waals surface area (Å²) >= 11 is 0. The lowest BCUT2D eigenvalue weighted by atomic mass is 10.1. The van der Waals surface area contributed by atoms with Gasteiger partial charge in [0.05, 0.1) is 0 Å². The number of carboxylic acids is 1. The summed E-state index contributed by atoms with van der Waals surface area (Å²) in [6, 6.07) is 3.68. The van der Waals surface area contributed by atoms with Gasteiger partial charge < -0.3 is 10.0 Å². The van der Waals surface area contributed by atoms with Crippen molar-refractivity contribution in [2.45, 2.75) is 20.3 Å². The summed E-state index contributed by atoms with van der Waals surface area (Å²) in [6.45, 7) is 5.25. The van der Waals surface area contributed by atoms with Crippen LogP contribution in [0.2, 0.25) is 0 Å². The van der Waals surface area contributed by atoms with Gasteiger partial charge in [0.25, 0.3) is 0 Å². The van der Waals surface area contributed by atoms with E-state index in [2.05, 4.69) is 23.7 Å². The molecule has 0 aliphatic carbocycles. The molecule has 0 saturated carbocycles. The number of carboxylic acid groups (broad SMARTS) is 1. The molecule has 1 atom stereocenters. The maximum Gasteiger partial charge on any atom is 0.328 e. The third-order valence-corrected chi connectivity index (χ3v) is 2.87. The molecule has 18 heavy (non-hydrogen) atoms. The molecule has 1 aromatic rings. The standard InChI is InChI=1S/C14H20N2O2/c1-4-11(2)10-16(3)14-12(6-5-9-15-14)7-8-13(17)18/h5-9,11H,4,10H2,1-3H3,(H,17,18)/b8-7+. The third-order valence-electron chi connectivity index (χ3n) is 2.87. The van der Waals surface area contributed by atoms with Crippen LogP contribution in [0.1, 0.15) is 25.8 Å². The zero-order valence-corrected chi connectivity index (χ0v) is 11.1.